The number of aliphatic hydroxyl groups is 1. The predicted molar refractivity (Wildman–Crippen MR) is 113 cm³/mol. The van der Waals surface area contributed by atoms with E-state index in [0.717, 1.165) is 50.2 Å². The van der Waals surface area contributed by atoms with Crippen molar-refractivity contribution in [2.45, 2.75) is 32.8 Å². The zero-order chi connectivity index (χ0) is 20.2. The summed E-state index contributed by atoms with van der Waals surface area (Å²) < 4.78 is 0. The van der Waals surface area contributed by atoms with Gasteiger partial charge in [-0.15, -0.1) is 0 Å². The molecule has 0 bridgehead atoms. The van der Waals surface area contributed by atoms with Crippen molar-refractivity contribution in [2.24, 2.45) is 5.73 Å². The Morgan fingerprint density at radius 2 is 1.75 bits per heavy atom. The molecule has 0 radical (unpaired) electrons. The van der Waals surface area contributed by atoms with Crippen LogP contribution in [0.15, 0.2) is 48.5 Å². The third-order valence-electron chi connectivity index (χ3n) is 5.69. The van der Waals surface area contributed by atoms with Crippen LogP contribution >= 0.6 is 0 Å². The molecule has 142 valence electrons. The van der Waals surface area contributed by atoms with E-state index in [1.807, 2.05) is 49.4 Å². The molecule has 0 saturated heterocycles. The lowest BCUT2D eigenvalue weighted by Crippen LogP contribution is -2.15. The van der Waals surface area contributed by atoms with Crippen LogP contribution in [0.3, 0.4) is 0 Å². The normalized spacial score (nSPS) is 12.6. The van der Waals surface area contributed by atoms with Crippen molar-refractivity contribution in [1.82, 2.24) is 0 Å². The number of carbonyl (C=O) groups excluding carboxylic acids is 1. The molecule has 0 aliphatic heterocycles. The zero-order valence-corrected chi connectivity index (χ0v) is 16.3. The van der Waals surface area contributed by atoms with Gasteiger partial charge in [-0.1, -0.05) is 36.4 Å². The maximum atomic E-state index is 12.1. The van der Waals surface area contributed by atoms with Gasteiger partial charge in [0, 0.05) is 11.3 Å². The molecule has 3 aromatic carbocycles. The summed E-state index contributed by atoms with van der Waals surface area (Å²) in [5, 5.41) is 10.4. The van der Waals surface area contributed by atoms with Gasteiger partial charge in [0.1, 0.15) is 0 Å². The van der Waals surface area contributed by atoms with Crippen LogP contribution < -0.4 is 11.5 Å². The number of nitrogens with two attached hydrogens (primary N) is 2. The fraction of sp³-hybridized carbons (Fsp3) is 0.208. The highest BCUT2D eigenvalue weighted by atomic mass is 16.3. The second-order valence-electron chi connectivity index (χ2n) is 8.01. The van der Waals surface area contributed by atoms with E-state index in [-0.39, 0.29) is 0 Å². The number of hydrogen-bond donors (Lipinski definition) is 3. The van der Waals surface area contributed by atoms with Gasteiger partial charge in [0.25, 0.3) is 0 Å². The maximum Gasteiger partial charge on any atom is 0.249 e. The van der Waals surface area contributed by atoms with Crippen molar-refractivity contribution in [3.05, 3.63) is 76.3 Å². The van der Waals surface area contributed by atoms with E-state index in [0.29, 0.717) is 12.0 Å². The largest absolute Gasteiger partial charge is 0.398 e. The first-order chi connectivity index (χ1) is 13.2. The van der Waals surface area contributed by atoms with Crippen molar-refractivity contribution in [3.63, 3.8) is 0 Å². The molecule has 1 amide bonds. The van der Waals surface area contributed by atoms with Crippen LogP contribution in [-0.2, 0) is 12.0 Å². The molecule has 0 saturated carbocycles. The molecule has 1 aliphatic rings. The number of fused-ring (bicyclic) bond motifs is 3. The number of carbonyl (C=O) groups is 1. The molecule has 0 heterocycles. The van der Waals surface area contributed by atoms with Gasteiger partial charge >= 0.3 is 0 Å². The van der Waals surface area contributed by atoms with Crippen molar-refractivity contribution < 1.29 is 9.90 Å². The van der Waals surface area contributed by atoms with Crippen LogP contribution in [0.4, 0.5) is 5.69 Å². The van der Waals surface area contributed by atoms with E-state index in [4.69, 9.17) is 11.5 Å². The molecule has 0 spiro atoms. The van der Waals surface area contributed by atoms with E-state index in [1.165, 1.54) is 0 Å². The lowest BCUT2D eigenvalue weighted by Gasteiger charge is -2.19. The van der Waals surface area contributed by atoms with Crippen molar-refractivity contribution in [1.29, 1.82) is 0 Å². The number of rotatable bonds is 3. The van der Waals surface area contributed by atoms with Crippen molar-refractivity contribution in [2.75, 3.05) is 5.73 Å². The number of amides is 1. The summed E-state index contributed by atoms with van der Waals surface area (Å²) in [6.45, 7) is 5.55. The summed E-state index contributed by atoms with van der Waals surface area (Å²) in [5.41, 5.74) is 20.2. The minimum atomic E-state index is -0.927. The number of nitrogen functional groups attached to an aromatic ring is 1. The molecule has 4 nitrogen and oxygen atoms in total. The lowest BCUT2D eigenvalue weighted by atomic mass is 9.88. The number of benzene rings is 3. The second-order valence-corrected chi connectivity index (χ2v) is 8.01. The van der Waals surface area contributed by atoms with E-state index in [2.05, 4.69) is 6.07 Å². The summed E-state index contributed by atoms with van der Waals surface area (Å²) >= 11 is 0. The molecule has 5 N–H and O–H groups in total. The highest BCUT2D eigenvalue weighted by Gasteiger charge is 2.28. The van der Waals surface area contributed by atoms with Crippen LogP contribution in [0.5, 0.6) is 0 Å². The monoisotopic (exact) mass is 372 g/mol. The fourth-order valence-corrected chi connectivity index (χ4v) is 4.09. The Morgan fingerprint density at radius 3 is 2.43 bits per heavy atom. The van der Waals surface area contributed by atoms with Gasteiger partial charge in [0.05, 0.1) is 5.60 Å². The van der Waals surface area contributed by atoms with E-state index >= 15 is 0 Å². The molecule has 0 unspecified atom stereocenters. The van der Waals surface area contributed by atoms with E-state index in [1.54, 1.807) is 13.8 Å². The molecule has 0 fully saturated rings. The molecule has 3 aromatic rings. The average Bonchev–Trinajstić information content (AvgIpc) is 3.01. The van der Waals surface area contributed by atoms with Crippen LogP contribution in [0.1, 0.15) is 46.5 Å². The SMILES string of the molecule is Cc1c(N)cccc1-c1ccc(C(N)=O)c2c1-c1ccc(C(C)(C)O)cc1C2. The quantitative estimate of drug-likeness (QED) is 0.472. The predicted octanol–water partition coefficient (Wildman–Crippen LogP) is 4.14. The highest BCUT2D eigenvalue weighted by Crippen LogP contribution is 2.46. The first-order valence-electron chi connectivity index (χ1n) is 9.35. The second kappa shape index (κ2) is 6.21. The first kappa shape index (κ1) is 18.3. The Morgan fingerprint density at radius 1 is 1.04 bits per heavy atom. The van der Waals surface area contributed by atoms with Crippen molar-refractivity contribution in [3.8, 4) is 22.3 Å². The van der Waals surface area contributed by atoms with Gasteiger partial charge in [-0.3, -0.25) is 4.79 Å². The van der Waals surface area contributed by atoms with Crippen LogP contribution in [0, 0.1) is 6.92 Å². The molecule has 0 aromatic heterocycles. The minimum Gasteiger partial charge on any atom is -0.398 e. The van der Waals surface area contributed by atoms with Crippen molar-refractivity contribution >= 4 is 11.6 Å². The average molecular weight is 372 g/mol. The summed E-state index contributed by atoms with van der Waals surface area (Å²) in [7, 11) is 0. The molecular formula is C24H24N2O2. The van der Waals surface area contributed by atoms with Crippen LogP contribution in [0.25, 0.3) is 22.3 Å². The van der Waals surface area contributed by atoms with Crippen LogP contribution in [0.2, 0.25) is 0 Å². The fourth-order valence-electron chi connectivity index (χ4n) is 4.09. The smallest absolute Gasteiger partial charge is 0.249 e. The Labute approximate surface area is 164 Å². The van der Waals surface area contributed by atoms with Gasteiger partial charge in [-0.05, 0) is 83.8 Å². The van der Waals surface area contributed by atoms with Gasteiger partial charge in [0.2, 0.25) is 5.91 Å². The van der Waals surface area contributed by atoms with E-state index in [9.17, 15) is 9.90 Å². The molecular weight excluding hydrogens is 348 g/mol. The molecule has 4 rings (SSSR count). The van der Waals surface area contributed by atoms with Gasteiger partial charge < -0.3 is 16.6 Å². The Kier molecular flexibility index (Phi) is 4.05. The number of hydrogen-bond acceptors (Lipinski definition) is 3. The third-order valence-corrected chi connectivity index (χ3v) is 5.69. The Hall–Kier alpha value is -3.11. The number of anilines is 1. The zero-order valence-electron chi connectivity index (χ0n) is 16.3. The summed E-state index contributed by atoms with van der Waals surface area (Å²) in [6, 6.07) is 15.6. The summed E-state index contributed by atoms with van der Waals surface area (Å²) in [5.74, 6) is -0.428. The molecule has 4 heteroatoms. The minimum absolute atomic E-state index is 0.428. The summed E-state index contributed by atoms with van der Waals surface area (Å²) in [4.78, 5) is 12.1. The van der Waals surface area contributed by atoms with Gasteiger partial charge in [-0.2, -0.15) is 0 Å². The Balaban J connectivity index is 2.01. The Bertz CT molecular complexity index is 1120. The van der Waals surface area contributed by atoms with Gasteiger partial charge in [-0.25, -0.2) is 0 Å². The van der Waals surface area contributed by atoms with E-state index < -0.39 is 11.5 Å². The van der Waals surface area contributed by atoms with Crippen LogP contribution in [-0.4, -0.2) is 11.0 Å². The standard InChI is InChI=1S/C24H24N2O2/c1-13-16(5-4-6-21(13)25)18-9-10-19(23(26)27)20-12-14-11-15(24(2,3)28)7-8-17(14)22(18)20/h4-11,28H,12,25H2,1-3H3,(H2,26,27). The summed E-state index contributed by atoms with van der Waals surface area (Å²) in [6.07, 6.45) is 0.613. The third kappa shape index (κ3) is 2.77. The first-order valence-corrected chi connectivity index (χ1v) is 9.35. The molecule has 28 heavy (non-hydrogen) atoms. The number of primary amides is 1. The lowest BCUT2D eigenvalue weighted by molar-refractivity contribution is 0.0785. The molecule has 0 atom stereocenters. The topological polar surface area (TPSA) is 89.3 Å². The maximum absolute atomic E-state index is 12.1. The molecule has 1 aliphatic carbocycles. The van der Waals surface area contributed by atoms with Gasteiger partial charge in [0.15, 0.2) is 0 Å². The highest BCUT2D eigenvalue weighted by molar-refractivity contribution is 6.02.